The summed E-state index contributed by atoms with van der Waals surface area (Å²) in [6.07, 6.45) is 8.02. The van der Waals surface area contributed by atoms with Crippen molar-refractivity contribution in [3.63, 3.8) is 0 Å². The van der Waals surface area contributed by atoms with Crippen LogP contribution in [-0.2, 0) is 29.0 Å². The highest BCUT2D eigenvalue weighted by atomic mass is 16.5. The molecular formula is C32H38N4O4. The quantitative estimate of drug-likeness (QED) is 0.160. The van der Waals surface area contributed by atoms with Gasteiger partial charge in [-0.3, -0.25) is 14.6 Å². The van der Waals surface area contributed by atoms with Crippen molar-refractivity contribution < 1.29 is 19.1 Å². The predicted molar refractivity (Wildman–Crippen MR) is 154 cm³/mol. The summed E-state index contributed by atoms with van der Waals surface area (Å²) >= 11 is 0. The van der Waals surface area contributed by atoms with Gasteiger partial charge in [0.05, 0.1) is 31.1 Å². The number of imide groups is 1. The molecule has 1 aliphatic heterocycles. The number of rotatable bonds is 12. The van der Waals surface area contributed by atoms with Crippen molar-refractivity contribution in [2.45, 2.75) is 66.0 Å². The maximum Gasteiger partial charge on any atom is 0.337 e. The summed E-state index contributed by atoms with van der Waals surface area (Å²) in [6.45, 7) is 7.41. The van der Waals surface area contributed by atoms with Crippen LogP contribution in [0.2, 0.25) is 0 Å². The number of ether oxygens (including phenoxy) is 1. The maximum atomic E-state index is 13.6. The minimum absolute atomic E-state index is 0.281. The van der Waals surface area contributed by atoms with Gasteiger partial charge in [-0.05, 0) is 49.1 Å². The Morgan fingerprint density at radius 2 is 1.70 bits per heavy atom. The second-order valence-corrected chi connectivity index (χ2v) is 10.2. The first-order valence-electron chi connectivity index (χ1n) is 14.0. The van der Waals surface area contributed by atoms with Crippen molar-refractivity contribution in [3.05, 3.63) is 94.2 Å². The van der Waals surface area contributed by atoms with E-state index in [0.717, 1.165) is 60.3 Å². The molecule has 0 spiro atoms. The topological polar surface area (TPSA) is 84.7 Å². The SMILES string of the molecule is CCCCc1ncc(/C=C2/C(=O)N(CCCC)C(=O)N2Cc2cccc(C)c2)n1Cc1ccc(C(=O)OC)cc1. The molecule has 40 heavy (non-hydrogen) atoms. The molecule has 8 heteroatoms. The number of aromatic nitrogens is 2. The first-order valence-corrected chi connectivity index (χ1v) is 14.0. The molecular weight excluding hydrogens is 504 g/mol. The van der Waals surface area contributed by atoms with Gasteiger partial charge >= 0.3 is 12.0 Å². The number of benzene rings is 2. The third kappa shape index (κ3) is 6.50. The van der Waals surface area contributed by atoms with E-state index in [9.17, 15) is 14.4 Å². The third-order valence-electron chi connectivity index (χ3n) is 7.10. The molecule has 2 aromatic carbocycles. The minimum atomic E-state index is -0.381. The molecule has 3 amide bonds. The van der Waals surface area contributed by atoms with Gasteiger partial charge in [-0.15, -0.1) is 0 Å². The lowest BCUT2D eigenvalue weighted by Crippen LogP contribution is -2.33. The van der Waals surface area contributed by atoms with Crippen molar-refractivity contribution in [1.82, 2.24) is 19.4 Å². The Kier molecular flexibility index (Phi) is 9.53. The summed E-state index contributed by atoms with van der Waals surface area (Å²) in [4.78, 5) is 46.6. The average molecular weight is 543 g/mol. The lowest BCUT2D eigenvalue weighted by atomic mass is 10.1. The molecule has 210 valence electrons. The normalized spacial score (nSPS) is 14.4. The summed E-state index contributed by atoms with van der Waals surface area (Å²) in [6, 6.07) is 15.0. The molecule has 0 bridgehead atoms. The standard InChI is InChI=1S/C32H38N4O4/c1-5-7-12-29-33-20-27(35(29)21-24-13-15-26(16-14-24)31(38)40-4)19-28-30(37)34(17-8-6-2)32(39)36(28)22-25-11-9-10-23(3)18-25/h9-11,13-16,18-20H,5-8,12,17,21-22H2,1-4H3/b28-19-. The van der Waals surface area contributed by atoms with E-state index < -0.39 is 0 Å². The van der Waals surface area contributed by atoms with E-state index in [4.69, 9.17) is 9.72 Å². The lowest BCUT2D eigenvalue weighted by Gasteiger charge is -2.18. The van der Waals surface area contributed by atoms with E-state index in [2.05, 4.69) is 11.5 Å². The number of imidazole rings is 1. The Labute approximate surface area is 236 Å². The Morgan fingerprint density at radius 3 is 2.38 bits per heavy atom. The third-order valence-corrected chi connectivity index (χ3v) is 7.10. The van der Waals surface area contributed by atoms with Gasteiger partial charge in [0.1, 0.15) is 11.5 Å². The molecule has 0 saturated carbocycles. The largest absolute Gasteiger partial charge is 0.465 e. The molecule has 0 N–H and O–H groups in total. The van der Waals surface area contributed by atoms with E-state index in [-0.39, 0.29) is 17.9 Å². The zero-order valence-electron chi connectivity index (χ0n) is 23.9. The maximum absolute atomic E-state index is 13.6. The van der Waals surface area contributed by atoms with Crippen molar-refractivity contribution in [2.75, 3.05) is 13.7 Å². The molecule has 0 unspecified atom stereocenters. The van der Waals surface area contributed by atoms with Crippen LogP contribution < -0.4 is 0 Å². The molecule has 1 aromatic heterocycles. The van der Waals surface area contributed by atoms with Crippen LogP contribution in [0.25, 0.3) is 6.08 Å². The van der Waals surface area contributed by atoms with Crippen LogP contribution in [0.15, 0.2) is 60.4 Å². The van der Waals surface area contributed by atoms with E-state index in [1.807, 2.05) is 50.2 Å². The van der Waals surface area contributed by atoms with E-state index >= 15 is 0 Å². The van der Waals surface area contributed by atoms with Gasteiger partial charge in [-0.1, -0.05) is 68.7 Å². The number of unbranched alkanes of at least 4 members (excludes halogenated alkanes) is 2. The number of hydrogen-bond donors (Lipinski definition) is 0. The van der Waals surface area contributed by atoms with Gasteiger partial charge in [0.15, 0.2) is 0 Å². The van der Waals surface area contributed by atoms with Gasteiger partial charge in [0, 0.05) is 19.5 Å². The Morgan fingerprint density at radius 1 is 0.950 bits per heavy atom. The van der Waals surface area contributed by atoms with E-state index in [1.165, 1.54) is 12.0 Å². The van der Waals surface area contributed by atoms with Gasteiger partial charge in [-0.2, -0.15) is 0 Å². The van der Waals surface area contributed by atoms with Crippen LogP contribution in [0, 0.1) is 6.92 Å². The fraction of sp³-hybridized carbons (Fsp3) is 0.375. The molecule has 4 rings (SSSR count). The number of urea groups is 1. The fourth-order valence-electron chi connectivity index (χ4n) is 4.84. The molecule has 2 heterocycles. The number of aryl methyl sites for hydroxylation is 2. The van der Waals surface area contributed by atoms with Gasteiger partial charge in [-0.25, -0.2) is 14.6 Å². The number of carbonyl (C=O) groups is 3. The zero-order chi connectivity index (χ0) is 28.6. The lowest BCUT2D eigenvalue weighted by molar-refractivity contribution is -0.123. The molecule has 0 aliphatic carbocycles. The van der Waals surface area contributed by atoms with Crippen LogP contribution >= 0.6 is 0 Å². The van der Waals surface area contributed by atoms with Crippen molar-refractivity contribution >= 4 is 24.0 Å². The summed E-state index contributed by atoms with van der Waals surface area (Å²) in [5, 5.41) is 0. The van der Waals surface area contributed by atoms with Gasteiger partial charge in [0.25, 0.3) is 5.91 Å². The Bertz CT molecular complexity index is 1390. The van der Waals surface area contributed by atoms with Gasteiger partial charge < -0.3 is 9.30 Å². The molecule has 3 aromatic rings. The first-order chi connectivity index (χ1) is 19.4. The van der Waals surface area contributed by atoms with Crippen LogP contribution in [-0.4, -0.2) is 50.9 Å². The molecule has 1 aliphatic rings. The summed E-state index contributed by atoms with van der Waals surface area (Å²) < 4.78 is 6.91. The van der Waals surface area contributed by atoms with Crippen LogP contribution in [0.3, 0.4) is 0 Å². The van der Waals surface area contributed by atoms with Crippen LogP contribution in [0.5, 0.6) is 0 Å². The summed E-state index contributed by atoms with van der Waals surface area (Å²) in [7, 11) is 1.36. The average Bonchev–Trinajstić information content (AvgIpc) is 3.43. The highest BCUT2D eigenvalue weighted by Crippen LogP contribution is 2.27. The summed E-state index contributed by atoms with van der Waals surface area (Å²) in [5.41, 5.74) is 4.64. The predicted octanol–water partition coefficient (Wildman–Crippen LogP) is 5.97. The van der Waals surface area contributed by atoms with Crippen molar-refractivity contribution in [2.24, 2.45) is 0 Å². The Hall–Kier alpha value is -4.20. The Balaban J connectivity index is 1.72. The molecule has 0 radical (unpaired) electrons. The zero-order valence-corrected chi connectivity index (χ0v) is 23.9. The number of nitrogens with zero attached hydrogens (tertiary/aromatic N) is 4. The summed E-state index contributed by atoms with van der Waals surface area (Å²) in [5.74, 6) is 0.251. The fourth-order valence-corrected chi connectivity index (χ4v) is 4.84. The number of hydrogen-bond acceptors (Lipinski definition) is 5. The monoisotopic (exact) mass is 542 g/mol. The van der Waals surface area contributed by atoms with Crippen LogP contribution in [0.4, 0.5) is 4.79 Å². The number of carbonyl (C=O) groups excluding carboxylic acids is 3. The molecule has 1 saturated heterocycles. The second-order valence-electron chi connectivity index (χ2n) is 10.2. The van der Waals surface area contributed by atoms with Crippen molar-refractivity contribution in [1.29, 1.82) is 0 Å². The number of amides is 3. The first kappa shape index (κ1) is 28.8. The highest BCUT2D eigenvalue weighted by Gasteiger charge is 2.40. The van der Waals surface area contributed by atoms with Crippen LogP contribution in [0.1, 0.15) is 78.1 Å². The highest BCUT2D eigenvalue weighted by molar-refractivity contribution is 6.13. The smallest absolute Gasteiger partial charge is 0.337 e. The number of methoxy groups -OCH3 is 1. The molecule has 1 fully saturated rings. The van der Waals surface area contributed by atoms with E-state index in [1.54, 1.807) is 29.3 Å². The van der Waals surface area contributed by atoms with E-state index in [0.29, 0.717) is 30.9 Å². The minimum Gasteiger partial charge on any atom is -0.465 e. The number of esters is 1. The van der Waals surface area contributed by atoms with Crippen molar-refractivity contribution in [3.8, 4) is 0 Å². The van der Waals surface area contributed by atoms with Gasteiger partial charge in [0.2, 0.25) is 0 Å². The molecule has 8 nitrogen and oxygen atoms in total. The molecule has 0 atom stereocenters. The second kappa shape index (κ2) is 13.2.